The van der Waals surface area contributed by atoms with Gasteiger partial charge in [0.25, 0.3) is 0 Å². The molecule has 16 heavy (non-hydrogen) atoms. The Balaban J connectivity index is 2.74. The molecule has 4 heteroatoms. The molecule has 0 aromatic rings. The number of nitrogens with two attached hydrogens (primary N) is 1. The van der Waals surface area contributed by atoms with E-state index in [2.05, 4.69) is 10.3 Å². The lowest BCUT2D eigenvalue weighted by Gasteiger charge is -2.13. The van der Waals surface area contributed by atoms with Crippen LogP contribution in [0, 0.1) is 0 Å². The van der Waals surface area contributed by atoms with Gasteiger partial charge in [-0.1, -0.05) is 0 Å². The van der Waals surface area contributed by atoms with E-state index in [4.69, 9.17) is 10.5 Å². The second-order valence-electron chi connectivity index (χ2n) is 3.85. The highest BCUT2D eigenvalue weighted by Crippen LogP contribution is 2.28. The van der Waals surface area contributed by atoms with Crippen molar-refractivity contribution in [3.8, 4) is 0 Å². The Bertz CT molecular complexity index is 347. The Kier molecular flexibility index (Phi) is 4.40. The van der Waals surface area contributed by atoms with Crippen molar-refractivity contribution in [1.29, 1.82) is 0 Å². The molecule has 1 saturated carbocycles. The summed E-state index contributed by atoms with van der Waals surface area (Å²) in [6, 6.07) is 0. The lowest BCUT2D eigenvalue weighted by atomic mass is 10.2. The van der Waals surface area contributed by atoms with Crippen LogP contribution < -0.4 is 11.1 Å². The topological polar surface area (TPSA) is 59.6 Å². The molecular weight excluding hydrogens is 202 g/mol. The molecule has 0 atom stereocenters. The summed E-state index contributed by atoms with van der Waals surface area (Å²) in [5.74, 6) is 1.45. The molecular formula is C12H21N3O. The summed E-state index contributed by atoms with van der Waals surface area (Å²) in [6.07, 6.45) is 2.23. The van der Waals surface area contributed by atoms with E-state index in [-0.39, 0.29) is 0 Å². The van der Waals surface area contributed by atoms with Crippen LogP contribution in [0.25, 0.3) is 0 Å². The molecule has 0 amide bonds. The Labute approximate surface area is 97.3 Å². The molecule has 0 unspecified atom stereocenters. The van der Waals surface area contributed by atoms with E-state index in [1.54, 1.807) is 7.05 Å². The van der Waals surface area contributed by atoms with Crippen LogP contribution in [-0.4, -0.2) is 19.6 Å². The summed E-state index contributed by atoms with van der Waals surface area (Å²) in [5.41, 5.74) is 9.18. The molecule has 0 aromatic heterocycles. The molecule has 0 bridgehead atoms. The molecule has 4 nitrogen and oxygen atoms in total. The maximum atomic E-state index is 5.89. The number of nitrogens with zero attached hydrogens (tertiary/aromatic N) is 1. The fourth-order valence-corrected chi connectivity index (χ4v) is 1.35. The van der Waals surface area contributed by atoms with Crippen molar-refractivity contribution in [2.75, 3.05) is 13.7 Å². The molecule has 0 aromatic carbocycles. The lowest BCUT2D eigenvalue weighted by Crippen LogP contribution is -2.21. The van der Waals surface area contributed by atoms with E-state index in [9.17, 15) is 0 Å². The zero-order valence-corrected chi connectivity index (χ0v) is 10.6. The summed E-state index contributed by atoms with van der Waals surface area (Å²) >= 11 is 0. The van der Waals surface area contributed by atoms with E-state index < -0.39 is 0 Å². The normalized spacial score (nSPS) is 16.8. The van der Waals surface area contributed by atoms with Crippen molar-refractivity contribution in [1.82, 2.24) is 5.32 Å². The Morgan fingerprint density at radius 3 is 2.50 bits per heavy atom. The van der Waals surface area contributed by atoms with Crippen molar-refractivity contribution < 1.29 is 4.74 Å². The molecule has 0 spiro atoms. The highest BCUT2D eigenvalue weighted by Gasteiger charge is 2.16. The van der Waals surface area contributed by atoms with Gasteiger partial charge in [-0.25, -0.2) is 0 Å². The lowest BCUT2D eigenvalue weighted by molar-refractivity contribution is 0.326. The largest absolute Gasteiger partial charge is 0.478 e. The van der Waals surface area contributed by atoms with E-state index in [1.165, 1.54) is 5.57 Å². The third-order valence-electron chi connectivity index (χ3n) is 2.57. The van der Waals surface area contributed by atoms with Crippen molar-refractivity contribution in [2.45, 2.75) is 33.6 Å². The van der Waals surface area contributed by atoms with Gasteiger partial charge in [-0.05, 0) is 39.2 Å². The molecule has 90 valence electrons. The predicted molar refractivity (Wildman–Crippen MR) is 66.9 cm³/mol. The van der Waals surface area contributed by atoms with Gasteiger partial charge in [0.2, 0.25) is 5.90 Å². The first-order chi connectivity index (χ1) is 7.60. The second-order valence-corrected chi connectivity index (χ2v) is 3.85. The molecule has 1 aliphatic carbocycles. The van der Waals surface area contributed by atoms with Crippen LogP contribution in [0.2, 0.25) is 0 Å². The van der Waals surface area contributed by atoms with Crippen LogP contribution >= 0.6 is 0 Å². The summed E-state index contributed by atoms with van der Waals surface area (Å²) in [7, 11) is 1.73. The minimum absolute atomic E-state index is 0.619. The maximum absolute atomic E-state index is 5.89. The second kappa shape index (κ2) is 5.58. The first-order valence-corrected chi connectivity index (χ1v) is 5.62. The Morgan fingerprint density at radius 2 is 2.06 bits per heavy atom. The first-order valence-electron chi connectivity index (χ1n) is 5.62. The highest BCUT2D eigenvalue weighted by molar-refractivity contribution is 5.93. The van der Waals surface area contributed by atoms with Crippen LogP contribution in [0.5, 0.6) is 0 Å². The van der Waals surface area contributed by atoms with Crippen LogP contribution in [0.1, 0.15) is 33.6 Å². The monoisotopic (exact) mass is 223 g/mol. The van der Waals surface area contributed by atoms with Crippen LogP contribution in [-0.2, 0) is 4.74 Å². The van der Waals surface area contributed by atoms with E-state index in [1.807, 2.05) is 20.8 Å². The fraction of sp³-hybridized carbons (Fsp3) is 0.583. The smallest absolute Gasteiger partial charge is 0.213 e. The first kappa shape index (κ1) is 12.6. The van der Waals surface area contributed by atoms with E-state index >= 15 is 0 Å². The number of allylic oxidation sites excluding steroid dienone is 2. The summed E-state index contributed by atoms with van der Waals surface area (Å²) in [5, 5.41) is 3.19. The fourth-order valence-electron chi connectivity index (χ4n) is 1.35. The van der Waals surface area contributed by atoms with Gasteiger partial charge in [0.1, 0.15) is 0 Å². The predicted octanol–water partition coefficient (Wildman–Crippen LogP) is 1.90. The van der Waals surface area contributed by atoms with Crippen LogP contribution in [0.15, 0.2) is 27.7 Å². The number of aliphatic imine (C=N–C) groups is 1. The van der Waals surface area contributed by atoms with Crippen molar-refractivity contribution in [3.05, 3.63) is 22.7 Å². The van der Waals surface area contributed by atoms with Gasteiger partial charge in [0.05, 0.1) is 12.4 Å². The number of hydrogen-bond donors (Lipinski definition) is 2. The van der Waals surface area contributed by atoms with Gasteiger partial charge in [-0.2, -0.15) is 0 Å². The SMILES string of the molecule is CCOC(=NC)/C(C)=C(\C)NC(N)=C1CC1. The molecule has 0 radical (unpaired) electrons. The van der Waals surface area contributed by atoms with E-state index in [0.717, 1.165) is 29.9 Å². The summed E-state index contributed by atoms with van der Waals surface area (Å²) in [6.45, 7) is 6.52. The minimum atomic E-state index is 0.619. The molecule has 3 N–H and O–H groups in total. The molecule has 1 rings (SSSR count). The molecule has 1 aliphatic rings. The standard InChI is InChI=1S/C12H21N3O/c1-5-16-12(14-4)8(2)9(3)15-11(13)10-6-7-10/h15H,5-7,13H2,1-4H3/b9-8+,14-12?. The van der Waals surface area contributed by atoms with E-state index in [0.29, 0.717) is 12.5 Å². The van der Waals surface area contributed by atoms with Gasteiger partial charge < -0.3 is 15.8 Å². The van der Waals surface area contributed by atoms with Gasteiger partial charge in [0, 0.05) is 18.3 Å². The number of rotatable bonds is 4. The van der Waals surface area contributed by atoms with Crippen LogP contribution in [0.3, 0.4) is 0 Å². The van der Waals surface area contributed by atoms with Gasteiger partial charge in [-0.15, -0.1) is 0 Å². The molecule has 1 fully saturated rings. The summed E-state index contributed by atoms with van der Waals surface area (Å²) < 4.78 is 5.43. The highest BCUT2D eigenvalue weighted by atomic mass is 16.5. The average Bonchev–Trinajstić information content (AvgIpc) is 3.08. The molecule has 0 saturated heterocycles. The summed E-state index contributed by atoms with van der Waals surface area (Å²) in [4.78, 5) is 4.11. The van der Waals surface area contributed by atoms with Crippen molar-refractivity contribution >= 4 is 5.90 Å². The average molecular weight is 223 g/mol. The zero-order valence-electron chi connectivity index (χ0n) is 10.6. The zero-order chi connectivity index (χ0) is 12.1. The van der Waals surface area contributed by atoms with Gasteiger partial charge >= 0.3 is 0 Å². The van der Waals surface area contributed by atoms with Crippen LogP contribution in [0.4, 0.5) is 0 Å². The Morgan fingerprint density at radius 1 is 1.44 bits per heavy atom. The third-order valence-corrected chi connectivity index (χ3v) is 2.57. The number of nitrogens with one attached hydrogen (secondary N) is 1. The molecule has 0 heterocycles. The maximum Gasteiger partial charge on any atom is 0.213 e. The third kappa shape index (κ3) is 3.29. The number of hydrogen-bond acceptors (Lipinski definition) is 4. The molecule has 0 aliphatic heterocycles. The minimum Gasteiger partial charge on any atom is -0.478 e. The quantitative estimate of drug-likeness (QED) is 0.565. The number of ether oxygens (including phenoxy) is 1. The van der Waals surface area contributed by atoms with Gasteiger partial charge in [0.15, 0.2) is 0 Å². The Hall–Kier alpha value is -1.45. The van der Waals surface area contributed by atoms with Gasteiger partial charge in [-0.3, -0.25) is 4.99 Å². The van der Waals surface area contributed by atoms with Crippen molar-refractivity contribution in [2.24, 2.45) is 10.7 Å². The van der Waals surface area contributed by atoms with Crippen molar-refractivity contribution in [3.63, 3.8) is 0 Å².